The minimum Gasteiger partial charge on any atom is -0.382 e. The molecule has 1 saturated heterocycles. The Bertz CT molecular complexity index is 688. The van der Waals surface area contributed by atoms with Crippen LogP contribution >= 0.6 is 0 Å². The van der Waals surface area contributed by atoms with Crippen LogP contribution in [-0.4, -0.2) is 60.6 Å². The van der Waals surface area contributed by atoms with Gasteiger partial charge in [-0.1, -0.05) is 5.92 Å². The van der Waals surface area contributed by atoms with Crippen LogP contribution in [0.25, 0.3) is 0 Å². The lowest BCUT2D eigenvalue weighted by Crippen LogP contribution is -2.54. The van der Waals surface area contributed by atoms with Crippen LogP contribution in [0.2, 0.25) is 0 Å². The van der Waals surface area contributed by atoms with E-state index in [-0.39, 0.29) is 18.1 Å². The van der Waals surface area contributed by atoms with E-state index in [2.05, 4.69) is 27.5 Å². The van der Waals surface area contributed by atoms with Crippen molar-refractivity contribution in [2.45, 2.75) is 13.3 Å². The van der Waals surface area contributed by atoms with Crippen molar-refractivity contribution in [3.63, 3.8) is 0 Å². The fourth-order valence-electron chi connectivity index (χ4n) is 2.62. The number of nitrogens with zero attached hydrogens (tertiary/aromatic N) is 4. The summed E-state index contributed by atoms with van der Waals surface area (Å²) in [5, 5.41) is 5.96. The number of hydrogen-bond acceptors (Lipinski definition) is 7. The maximum Gasteiger partial charge on any atom is 0.280 e. The van der Waals surface area contributed by atoms with E-state index in [1.807, 2.05) is 0 Å². The summed E-state index contributed by atoms with van der Waals surface area (Å²) in [6.07, 6.45) is -1.50. The lowest BCUT2D eigenvalue weighted by molar-refractivity contribution is 0.0688. The first-order chi connectivity index (χ1) is 11.5. The fourth-order valence-corrected chi connectivity index (χ4v) is 2.62. The third kappa shape index (κ3) is 3.60. The Balaban J connectivity index is 2.45. The van der Waals surface area contributed by atoms with E-state index in [1.54, 1.807) is 25.9 Å². The molecule has 1 aliphatic heterocycles. The number of alkyl halides is 1. The summed E-state index contributed by atoms with van der Waals surface area (Å²) in [6.45, 7) is 4.19. The SMILES string of the molecule is CC#CCN(c1c(N)nc(NC)n(C)c1=O)[C@H](F)N1CCNCC1. The minimum absolute atomic E-state index is 0.0156. The van der Waals surface area contributed by atoms with Crippen LogP contribution in [0.4, 0.5) is 21.8 Å². The van der Waals surface area contributed by atoms with Crippen LogP contribution in [-0.2, 0) is 7.05 Å². The molecule has 0 unspecified atom stereocenters. The number of nitrogens with two attached hydrogens (primary N) is 1. The van der Waals surface area contributed by atoms with E-state index in [1.165, 1.54) is 9.47 Å². The highest BCUT2D eigenvalue weighted by Gasteiger charge is 2.30. The average Bonchev–Trinajstić information content (AvgIpc) is 2.61. The molecule has 1 atom stereocenters. The molecule has 0 bridgehead atoms. The zero-order chi connectivity index (χ0) is 17.7. The average molecular weight is 337 g/mol. The highest BCUT2D eigenvalue weighted by Crippen LogP contribution is 2.22. The van der Waals surface area contributed by atoms with Crippen molar-refractivity contribution in [2.24, 2.45) is 7.05 Å². The molecule has 1 aromatic heterocycles. The van der Waals surface area contributed by atoms with E-state index >= 15 is 4.39 Å². The molecule has 24 heavy (non-hydrogen) atoms. The van der Waals surface area contributed by atoms with Gasteiger partial charge in [-0.2, -0.15) is 4.98 Å². The molecule has 0 spiro atoms. The van der Waals surface area contributed by atoms with Crippen molar-refractivity contribution in [1.29, 1.82) is 0 Å². The van der Waals surface area contributed by atoms with Crippen LogP contribution in [0.15, 0.2) is 4.79 Å². The summed E-state index contributed by atoms with van der Waals surface area (Å²) in [5.74, 6) is 5.85. The standard InChI is InChI=1S/C15H24FN7O/c1-4-5-8-23(14(16)22-9-6-19-7-10-22)11-12(17)20-15(18-2)21(3)13(11)24/h14,19H,6-10,17H2,1-3H3,(H,18,20)/t14-/m1/s1. The van der Waals surface area contributed by atoms with E-state index in [0.29, 0.717) is 32.1 Å². The van der Waals surface area contributed by atoms with E-state index in [9.17, 15) is 4.79 Å². The Morgan fingerprint density at radius 1 is 1.50 bits per heavy atom. The van der Waals surface area contributed by atoms with Gasteiger partial charge in [0.25, 0.3) is 5.56 Å². The molecule has 1 aromatic rings. The fraction of sp³-hybridized carbons (Fsp3) is 0.600. The van der Waals surface area contributed by atoms with Crippen LogP contribution in [0, 0.1) is 11.8 Å². The maximum atomic E-state index is 15.1. The maximum absolute atomic E-state index is 15.1. The zero-order valence-electron chi connectivity index (χ0n) is 14.3. The molecule has 0 aromatic carbocycles. The van der Waals surface area contributed by atoms with Gasteiger partial charge in [-0.25, -0.2) is 4.39 Å². The number of hydrogen-bond donors (Lipinski definition) is 3. The number of aromatic nitrogens is 2. The highest BCUT2D eigenvalue weighted by atomic mass is 19.1. The van der Waals surface area contributed by atoms with Crippen LogP contribution in [0.3, 0.4) is 0 Å². The van der Waals surface area contributed by atoms with E-state index in [0.717, 1.165) is 0 Å². The molecule has 2 heterocycles. The van der Waals surface area contributed by atoms with Gasteiger partial charge in [0, 0.05) is 40.3 Å². The van der Waals surface area contributed by atoms with Crippen molar-refractivity contribution in [3.05, 3.63) is 10.4 Å². The summed E-state index contributed by atoms with van der Waals surface area (Å²) in [5.41, 5.74) is 5.57. The molecule has 2 rings (SSSR count). The molecule has 4 N–H and O–H groups in total. The molecule has 0 aliphatic carbocycles. The van der Waals surface area contributed by atoms with Crippen molar-refractivity contribution in [2.75, 3.05) is 55.7 Å². The number of nitrogen functional groups attached to an aromatic ring is 1. The summed E-state index contributed by atoms with van der Waals surface area (Å²) in [4.78, 5) is 19.8. The van der Waals surface area contributed by atoms with Gasteiger partial charge < -0.3 is 21.3 Å². The molecule has 0 radical (unpaired) electrons. The molecule has 9 heteroatoms. The Morgan fingerprint density at radius 2 is 2.17 bits per heavy atom. The smallest absolute Gasteiger partial charge is 0.280 e. The van der Waals surface area contributed by atoms with Crippen molar-refractivity contribution >= 4 is 17.5 Å². The predicted octanol–water partition coefficient (Wildman–Crippen LogP) is -0.608. The highest BCUT2D eigenvalue weighted by molar-refractivity contribution is 5.65. The minimum atomic E-state index is -1.50. The number of anilines is 3. The first-order valence-electron chi connectivity index (χ1n) is 7.80. The van der Waals surface area contributed by atoms with Crippen molar-refractivity contribution in [1.82, 2.24) is 19.8 Å². The monoisotopic (exact) mass is 337 g/mol. The molecule has 0 amide bonds. The number of halogens is 1. The van der Waals surface area contributed by atoms with Gasteiger partial charge in [0.05, 0.1) is 6.54 Å². The van der Waals surface area contributed by atoms with Gasteiger partial charge in [0.15, 0.2) is 11.5 Å². The Labute approximate surface area is 140 Å². The van der Waals surface area contributed by atoms with Crippen molar-refractivity contribution < 1.29 is 4.39 Å². The third-order valence-electron chi connectivity index (χ3n) is 3.94. The topological polar surface area (TPSA) is 91.5 Å². The van der Waals surface area contributed by atoms with Gasteiger partial charge in [-0.3, -0.25) is 14.3 Å². The summed E-state index contributed by atoms with van der Waals surface area (Å²) < 4.78 is 16.5. The predicted molar refractivity (Wildman–Crippen MR) is 93.6 cm³/mol. The second-order valence-corrected chi connectivity index (χ2v) is 5.43. The van der Waals surface area contributed by atoms with Gasteiger partial charge in [0.2, 0.25) is 12.4 Å². The normalized spacial score (nSPS) is 16.2. The molecular formula is C15H24FN7O. The van der Waals surface area contributed by atoms with Gasteiger partial charge in [-0.15, -0.1) is 5.92 Å². The van der Waals surface area contributed by atoms with Gasteiger partial charge in [0.1, 0.15) is 0 Å². The Morgan fingerprint density at radius 3 is 2.75 bits per heavy atom. The first-order valence-corrected chi connectivity index (χ1v) is 7.80. The van der Waals surface area contributed by atoms with Crippen molar-refractivity contribution in [3.8, 4) is 11.8 Å². The molecular weight excluding hydrogens is 313 g/mol. The largest absolute Gasteiger partial charge is 0.382 e. The van der Waals surface area contributed by atoms with E-state index < -0.39 is 12.0 Å². The van der Waals surface area contributed by atoms with Gasteiger partial charge >= 0.3 is 0 Å². The lowest BCUT2D eigenvalue weighted by atomic mass is 10.3. The first kappa shape index (κ1) is 18.0. The number of piperazine rings is 1. The van der Waals surface area contributed by atoms with E-state index in [4.69, 9.17) is 5.73 Å². The molecule has 132 valence electrons. The number of nitrogens with one attached hydrogen (secondary N) is 2. The summed E-state index contributed by atoms with van der Waals surface area (Å²) >= 11 is 0. The van der Waals surface area contributed by atoms with Crippen LogP contribution < -0.4 is 26.8 Å². The second-order valence-electron chi connectivity index (χ2n) is 5.43. The summed E-state index contributed by atoms with van der Waals surface area (Å²) in [7, 11) is 3.20. The lowest BCUT2D eigenvalue weighted by Gasteiger charge is -2.36. The Hall–Kier alpha value is -2.31. The molecule has 8 nitrogen and oxygen atoms in total. The summed E-state index contributed by atoms with van der Waals surface area (Å²) in [6, 6.07) is 0. The zero-order valence-corrected chi connectivity index (χ0v) is 14.3. The van der Waals surface area contributed by atoms with Crippen LogP contribution in [0.1, 0.15) is 6.92 Å². The Kier molecular flexibility index (Phi) is 6.00. The molecule has 0 saturated carbocycles. The van der Waals surface area contributed by atoms with Crippen LogP contribution in [0.5, 0.6) is 0 Å². The van der Waals surface area contributed by atoms with Gasteiger partial charge in [-0.05, 0) is 6.92 Å². The number of rotatable bonds is 5. The third-order valence-corrected chi connectivity index (χ3v) is 3.94. The molecule has 1 aliphatic rings. The molecule has 1 fully saturated rings. The second kappa shape index (κ2) is 7.99. The quantitative estimate of drug-likeness (QED) is 0.488.